The van der Waals surface area contributed by atoms with Crippen LogP contribution in [-0.2, 0) is 4.74 Å². The lowest BCUT2D eigenvalue weighted by atomic mass is 9.96. The van der Waals surface area contributed by atoms with Crippen molar-refractivity contribution in [2.24, 2.45) is 5.92 Å². The number of piperidine rings is 1. The highest BCUT2D eigenvalue weighted by atomic mass is 16.5. The lowest BCUT2D eigenvalue weighted by Gasteiger charge is -2.35. The molecule has 2 heterocycles. The molecule has 2 rings (SSSR count). The molecule has 0 radical (unpaired) electrons. The molecule has 106 valence electrons. The van der Waals surface area contributed by atoms with E-state index in [4.69, 9.17) is 4.74 Å². The molecule has 3 nitrogen and oxygen atoms in total. The number of hydrogen-bond acceptors (Lipinski definition) is 3. The highest BCUT2D eigenvalue weighted by Crippen LogP contribution is 2.20. The first-order valence-corrected chi connectivity index (χ1v) is 7.62. The Labute approximate surface area is 112 Å². The summed E-state index contributed by atoms with van der Waals surface area (Å²) in [6.07, 6.45) is 5.77. The monoisotopic (exact) mass is 254 g/mol. The molecular weight excluding hydrogens is 224 g/mol. The van der Waals surface area contributed by atoms with E-state index in [1.165, 1.54) is 38.8 Å². The molecule has 3 heteroatoms. The molecule has 2 aliphatic rings. The number of ether oxygens (including phenoxy) is 1. The molecule has 0 amide bonds. The van der Waals surface area contributed by atoms with Gasteiger partial charge in [-0.1, -0.05) is 0 Å². The highest BCUT2D eigenvalue weighted by Gasteiger charge is 2.25. The van der Waals surface area contributed by atoms with Crippen LogP contribution < -0.4 is 5.32 Å². The van der Waals surface area contributed by atoms with Crippen molar-refractivity contribution in [1.82, 2.24) is 10.2 Å². The van der Waals surface area contributed by atoms with Crippen molar-refractivity contribution < 1.29 is 4.74 Å². The lowest BCUT2D eigenvalue weighted by molar-refractivity contribution is 0.0559. The van der Waals surface area contributed by atoms with Gasteiger partial charge in [-0.2, -0.15) is 0 Å². The first kappa shape index (κ1) is 14.3. The third-order valence-corrected chi connectivity index (χ3v) is 4.01. The van der Waals surface area contributed by atoms with Gasteiger partial charge in [0.05, 0.1) is 6.10 Å². The molecule has 2 aliphatic heterocycles. The average Bonchev–Trinajstić information content (AvgIpc) is 2.79. The maximum absolute atomic E-state index is 5.75. The van der Waals surface area contributed by atoms with Crippen molar-refractivity contribution in [1.29, 1.82) is 0 Å². The minimum Gasteiger partial charge on any atom is -0.377 e. The highest BCUT2D eigenvalue weighted by molar-refractivity contribution is 4.80. The molecule has 0 aromatic heterocycles. The summed E-state index contributed by atoms with van der Waals surface area (Å²) in [6, 6.07) is 0. The Kier molecular flexibility index (Phi) is 5.05. The van der Waals surface area contributed by atoms with Crippen LogP contribution >= 0.6 is 0 Å². The van der Waals surface area contributed by atoms with E-state index in [-0.39, 0.29) is 5.54 Å². The molecule has 2 atom stereocenters. The normalized spacial score (nSPS) is 30.8. The van der Waals surface area contributed by atoms with E-state index >= 15 is 0 Å². The van der Waals surface area contributed by atoms with E-state index < -0.39 is 0 Å². The van der Waals surface area contributed by atoms with Crippen LogP contribution in [0.15, 0.2) is 0 Å². The summed E-state index contributed by atoms with van der Waals surface area (Å²) in [4.78, 5) is 2.62. The zero-order valence-electron chi connectivity index (χ0n) is 12.4. The van der Waals surface area contributed by atoms with Crippen LogP contribution in [0, 0.1) is 5.92 Å². The minimum absolute atomic E-state index is 0.247. The molecule has 2 saturated heterocycles. The maximum atomic E-state index is 5.75. The van der Waals surface area contributed by atoms with Gasteiger partial charge in [-0.25, -0.2) is 0 Å². The van der Waals surface area contributed by atoms with Gasteiger partial charge in [-0.15, -0.1) is 0 Å². The Bertz CT molecular complexity index is 243. The van der Waals surface area contributed by atoms with Gasteiger partial charge in [0.25, 0.3) is 0 Å². The van der Waals surface area contributed by atoms with Crippen molar-refractivity contribution in [3.05, 3.63) is 0 Å². The van der Waals surface area contributed by atoms with Gasteiger partial charge in [-0.05, 0) is 65.5 Å². The number of hydrogen-bond donors (Lipinski definition) is 1. The number of likely N-dealkylation sites (tertiary alicyclic amines) is 1. The van der Waals surface area contributed by atoms with Gasteiger partial charge >= 0.3 is 0 Å². The predicted molar refractivity (Wildman–Crippen MR) is 75.9 cm³/mol. The fourth-order valence-electron chi connectivity index (χ4n) is 3.01. The zero-order valence-corrected chi connectivity index (χ0v) is 12.4. The smallest absolute Gasteiger partial charge is 0.0702 e. The fraction of sp³-hybridized carbons (Fsp3) is 1.00. The zero-order chi connectivity index (χ0) is 13.0. The van der Waals surface area contributed by atoms with E-state index in [1.54, 1.807) is 0 Å². The van der Waals surface area contributed by atoms with Gasteiger partial charge in [0.1, 0.15) is 0 Å². The standard InChI is InChI=1S/C15H30N2O/c1-15(2,3)16-10-13-6-4-8-17(11-13)12-14-7-5-9-18-14/h13-14,16H,4-12H2,1-3H3. The van der Waals surface area contributed by atoms with E-state index in [9.17, 15) is 0 Å². The van der Waals surface area contributed by atoms with Gasteiger partial charge < -0.3 is 15.0 Å². The number of nitrogens with zero attached hydrogens (tertiary/aromatic N) is 1. The summed E-state index contributed by atoms with van der Waals surface area (Å²) in [6.45, 7) is 12.6. The van der Waals surface area contributed by atoms with Gasteiger partial charge in [-0.3, -0.25) is 0 Å². The van der Waals surface area contributed by atoms with Crippen LogP contribution in [0.1, 0.15) is 46.5 Å². The molecule has 2 fully saturated rings. The van der Waals surface area contributed by atoms with Crippen LogP contribution in [0.4, 0.5) is 0 Å². The van der Waals surface area contributed by atoms with E-state index in [1.807, 2.05) is 0 Å². The predicted octanol–water partition coefficient (Wildman–Crippen LogP) is 2.27. The van der Waals surface area contributed by atoms with Crippen LogP contribution in [-0.4, -0.2) is 49.3 Å². The summed E-state index contributed by atoms with van der Waals surface area (Å²) in [5, 5.41) is 3.65. The molecule has 0 aromatic carbocycles. The second kappa shape index (κ2) is 6.36. The lowest BCUT2D eigenvalue weighted by Crippen LogP contribution is -2.46. The van der Waals surface area contributed by atoms with Crippen molar-refractivity contribution in [3.8, 4) is 0 Å². The molecule has 0 bridgehead atoms. The summed E-state index contributed by atoms with van der Waals surface area (Å²) in [5.74, 6) is 0.819. The maximum Gasteiger partial charge on any atom is 0.0702 e. The second-order valence-electron chi connectivity index (χ2n) is 7.03. The van der Waals surface area contributed by atoms with E-state index in [0.29, 0.717) is 6.10 Å². The molecule has 18 heavy (non-hydrogen) atoms. The average molecular weight is 254 g/mol. The first-order chi connectivity index (χ1) is 8.53. The summed E-state index contributed by atoms with van der Waals surface area (Å²) >= 11 is 0. The molecule has 0 saturated carbocycles. The summed E-state index contributed by atoms with van der Waals surface area (Å²) in [7, 11) is 0. The minimum atomic E-state index is 0.247. The molecule has 2 unspecified atom stereocenters. The van der Waals surface area contributed by atoms with Crippen LogP contribution in [0.2, 0.25) is 0 Å². The number of rotatable bonds is 4. The van der Waals surface area contributed by atoms with Gasteiger partial charge in [0.15, 0.2) is 0 Å². The fourth-order valence-corrected chi connectivity index (χ4v) is 3.01. The quantitative estimate of drug-likeness (QED) is 0.833. The van der Waals surface area contributed by atoms with Gasteiger partial charge in [0.2, 0.25) is 0 Å². The Morgan fingerprint density at radius 3 is 2.72 bits per heavy atom. The largest absolute Gasteiger partial charge is 0.377 e. The van der Waals surface area contributed by atoms with E-state index in [2.05, 4.69) is 31.0 Å². The van der Waals surface area contributed by atoms with Gasteiger partial charge in [0, 0.05) is 25.2 Å². The van der Waals surface area contributed by atoms with Crippen LogP contribution in [0.5, 0.6) is 0 Å². The van der Waals surface area contributed by atoms with Crippen molar-refractivity contribution in [3.63, 3.8) is 0 Å². The van der Waals surface area contributed by atoms with Crippen LogP contribution in [0.25, 0.3) is 0 Å². The summed E-state index contributed by atoms with van der Waals surface area (Å²) < 4.78 is 5.75. The summed E-state index contributed by atoms with van der Waals surface area (Å²) in [5.41, 5.74) is 0.247. The SMILES string of the molecule is CC(C)(C)NCC1CCCN(CC2CCCO2)C1. The topological polar surface area (TPSA) is 24.5 Å². The van der Waals surface area contributed by atoms with Crippen molar-refractivity contribution >= 4 is 0 Å². The molecular formula is C15H30N2O. The Morgan fingerprint density at radius 1 is 1.22 bits per heavy atom. The van der Waals surface area contributed by atoms with Crippen LogP contribution in [0.3, 0.4) is 0 Å². The first-order valence-electron chi connectivity index (χ1n) is 7.62. The molecule has 0 spiro atoms. The molecule has 0 aliphatic carbocycles. The Hall–Kier alpha value is -0.120. The van der Waals surface area contributed by atoms with Crippen molar-refractivity contribution in [2.45, 2.75) is 58.1 Å². The van der Waals surface area contributed by atoms with E-state index in [0.717, 1.165) is 25.6 Å². The Morgan fingerprint density at radius 2 is 2.06 bits per heavy atom. The molecule has 1 N–H and O–H groups in total. The third kappa shape index (κ3) is 4.87. The second-order valence-corrected chi connectivity index (χ2v) is 7.03. The number of nitrogens with one attached hydrogen (secondary N) is 1. The van der Waals surface area contributed by atoms with Crippen molar-refractivity contribution in [2.75, 3.05) is 32.8 Å². The third-order valence-electron chi connectivity index (χ3n) is 4.01. The Balaban J connectivity index is 1.70. The molecule has 0 aromatic rings.